The molecule has 0 fully saturated rings. The van der Waals surface area contributed by atoms with E-state index in [9.17, 15) is 26.4 Å². The number of carboxylic acid groups (broad SMARTS) is 1. The van der Waals surface area contributed by atoms with Gasteiger partial charge in [-0.2, -0.15) is 13.2 Å². The van der Waals surface area contributed by atoms with Crippen molar-refractivity contribution < 1.29 is 36.2 Å². The highest BCUT2D eigenvalue weighted by Crippen LogP contribution is 2.36. The molecule has 2 rings (SSSR count). The molecule has 0 aliphatic carbocycles. The third kappa shape index (κ3) is 6.48. The number of sulfonamides is 1. The average Bonchev–Trinajstić information content (AvgIpc) is 2.70. The zero-order valence-corrected chi connectivity index (χ0v) is 17.5. The van der Waals surface area contributed by atoms with E-state index in [2.05, 4.69) is 11.3 Å². The zero-order chi connectivity index (χ0) is 23.2. The molecule has 0 aliphatic heterocycles. The molecule has 0 spiro atoms. The summed E-state index contributed by atoms with van der Waals surface area (Å²) in [6.45, 7) is 5.01. The van der Waals surface area contributed by atoms with E-state index in [1.807, 2.05) is 0 Å². The van der Waals surface area contributed by atoms with Gasteiger partial charge in [0.2, 0.25) is 10.0 Å². The molecule has 0 saturated heterocycles. The minimum Gasteiger partial charge on any atom is -0.487 e. The van der Waals surface area contributed by atoms with Crippen LogP contribution >= 0.6 is 0 Å². The normalized spacial score (nSPS) is 12.8. The molecule has 0 aromatic heterocycles. The molecule has 0 radical (unpaired) electrons. The Hall–Kier alpha value is -3.01. The van der Waals surface area contributed by atoms with Gasteiger partial charge in [-0.15, -0.1) is 6.58 Å². The largest absolute Gasteiger partial charge is 0.487 e. The molecule has 0 amide bonds. The highest BCUT2D eigenvalue weighted by atomic mass is 32.2. The Kier molecular flexibility index (Phi) is 7.72. The number of rotatable bonds is 10. The van der Waals surface area contributed by atoms with Crippen molar-refractivity contribution in [2.24, 2.45) is 0 Å². The van der Waals surface area contributed by atoms with E-state index in [-0.39, 0.29) is 36.4 Å². The molecule has 168 valence electrons. The summed E-state index contributed by atoms with van der Waals surface area (Å²) in [4.78, 5) is 10.9. The summed E-state index contributed by atoms with van der Waals surface area (Å²) in [6.07, 6.45) is -2.72. The van der Waals surface area contributed by atoms with Gasteiger partial charge in [-0.3, -0.25) is 4.72 Å². The third-order valence-electron chi connectivity index (χ3n) is 4.48. The van der Waals surface area contributed by atoms with Gasteiger partial charge in [-0.25, -0.2) is 13.2 Å². The van der Waals surface area contributed by atoms with Crippen molar-refractivity contribution >= 4 is 21.7 Å². The summed E-state index contributed by atoms with van der Waals surface area (Å²) in [5.74, 6) is -1.42. The summed E-state index contributed by atoms with van der Waals surface area (Å²) >= 11 is 0. The van der Waals surface area contributed by atoms with Gasteiger partial charge in [0.1, 0.15) is 12.4 Å². The van der Waals surface area contributed by atoms with E-state index >= 15 is 0 Å². The first-order valence-electron chi connectivity index (χ1n) is 9.26. The van der Waals surface area contributed by atoms with Crippen LogP contribution in [0.5, 0.6) is 5.75 Å². The van der Waals surface area contributed by atoms with Crippen LogP contribution in [0.3, 0.4) is 0 Å². The van der Waals surface area contributed by atoms with E-state index in [0.717, 1.165) is 18.2 Å². The van der Waals surface area contributed by atoms with Crippen molar-refractivity contribution in [1.82, 2.24) is 0 Å². The van der Waals surface area contributed by atoms with Crippen LogP contribution in [0.25, 0.3) is 0 Å². The molecular weight excluding hydrogens is 435 g/mol. The summed E-state index contributed by atoms with van der Waals surface area (Å²) in [6, 6.07) is 8.06. The molecule has 2 N–H and O–H groups in total. The summed E-state index contributed by atoms with van der Waals surface area (Å²) in [5.41, 5.74) is -0.583. The van der Waals surface area contributed by atoms with Crippen molar-refractivity contribution in [1.29, 1.82) is 0 Å². The van der Waals surface area contributed by atoms with Gasteiger partial charge in [0, 0.05) is 0 Å². The van der Waals surface area contributed by atoms with Crippen molar-refractivity contribution in [3.8, 4) is 5.75 Å². The number of ether oxygens (including phenoxy) is 1. The van der Waals surface area contributed by atoms with E-state index in [1.54, 1.807) is 6.92 Å². The number of anilines is 1. The smallest absolute Gasteiger partial charge is 0.416 e. The molecular formula is C21H22F3NO5S. The Morgan fingerprint density at radius 2 is 1.87 bits per heavy atom. The van der Waals surface area contributed by atoms with Gasteiger partial charge in [0.05, 0.1) is 22.1 Å². The molecule has 31 heavy (non-hydrogen) atoms. The van der Waals surface area contributed by atoms with Gasteiger partial charge < -0.3 is 9.84 Å². The topological polar surface area (TPSA) is 92.7 Å². The quantitative estimate of drug-likeness (QED) is 0.486. The van der Waals surface area contributed by atoms with Crippen LogP contribution in [0.1, 0.15) is 41.3 Å². The van der Waals surface area contributed by atoms with Gasteiger partial charge in [-0.05, 0) is 48.7 Å². The number of carboxylic acids is 1. The van der Waals surface area contributed by atoms with E-state index in [1.165, 1.54) is 30.3 Å². The maximum absolute atomic E-state index is 13.1. The number of hydrogen-bond donors (Lipinski definition) is 2. The number of halogens is 3. The lowest BCUT2D eigenvalue weighted by atomic mass is 10.1. The molecule has 0 aliphatic rings. The van der Waals surface area contributed by atoms with E-state index < -0.39 is 33.0 Å². The van der Waals surface area contributed by atoms with Gasteiger partial charge in [-0.1, -0.05) is 25.1 Å². The second-order valence-electron chi connectivity index (χ2n) is 6.70. The predicted octanol–water partition coefficient (Wildman–Crippen LogP) is 5.08. The summed E-state index contributed by atoms with van der Waals surface area (Å²) < 4.78 is 72.5. The number of allylic oxidation sites excluding steroid dienone is 1. The van der Waals surface area contributed by atoms with Crippen LogP contribution in [0, 0.1) is 0 Å². The van der Waals surface area contributed by atoms with Crippen molar-refractivity contribution in [2.45, 2.75) is 37.8 Å². The molecule has 2 aromatic carbocycles. The Morgan fingerprint density at radius 1 is 1.23 bits per heavy atom. The Bertz CT molecular complexity index is 1030. The van der Waals surface area contributed by atoms with E-state index in [4.69, 9.17) is 9.84 Å². The van der Waals surface area contributed by atoms with E-state index in [0.29, 0.717) is 5.56 Å². The van der Waals surface area contributed by atoms with Gasteiger partial charge in [0.15, 0.2) is 0 Å². The van der Waals surface area contributed by atoms with Gasteiger partial charge in [0.25, 0.3) is 0 Å². The molecule has 6 nitrogen and oxygen atoms in total. The fourth-order valence-electron chi connectivity index (χ4n) is 2.74. The number of benzene rings is 2. The maximum Gasteiger partial charge on any atom is 0.416 e. The first-order valence-corrected chi connectivity index (χ1v) is 10.8. The van der Waals surface area contributed by atoms with Crippen LogP contribution < -0.4 is 9.46 Å². The molecule has 10 heteroatoms. The second kappa shape index (κ2) is 9.86. The SMILES string of the molecule is C=CCC(CC)S(=O)(=O)Nc1ccc(C(F)(F)F)cc1OCc1ccc(C(=O)O)cc1. The molecule has 1 unspecified atom stereocenters. The summed E-state index contributed by atoms with van der Waals surface area (Å²) in [5, 5.41) is 8.13. The monoisotopic (exact) mass is 457 g/mol. The standard InChI is InChI=1S/C21H22F3NO5S/c1-3-5-17(4-2)31(28,29)25-18-11-10-16(21(22,23)24)12-19(18)30-13-14-6-8-15(9-7-14)20(26)27/h3,6-12,17,25H,1,4-5,13H2,2H3,(H,26,27). The third-order valence-corrected chi connectivity index (χ3v) is 6.39. The van der Waals surface area contributed by atoms with Crippen molar-refractivity contribution in [3.63, 3.8) is 0 Å². The van der Waals surface area contributed by atoms with Crippen LogP contribution in [0.2, 0.25) is 0 Å². The highest BCUT2D eigenvalue weighted by molar-refractivity contribution is 7.93. The Morgan fingerprint density at radius 3 is 2.39 bits per heavy atom. The lowest BCUT2D eigenvalue weighted by molar-refractivity contribution is -0.137. The molecule has 2 aromatic rings. The van der Waals surface area contributed by atoms with Crippen LogP contribution in [-0.2, 0) is 22.8 Å². The number of aromatic carboxylic acids is 1. The number of hydrogen-bond acceptors (Lipinski definition) is 4. The van der Waals surface area contributed by atoms with Crippen molar-refractivity contribution in [3.05, 3.63) is 71.8 Å². The highest BCUT2D eigenvalue weighted by Gasteiger charge is 2.32. The lowest BCUT2D eigenvalue weighted by Gasteiger charge is -2.19. The Labute approximate surface area is 178 Å². The first kappa shape index (κ1) is 24.3. The predicted molar refractivity (Wildman–Crippen MR) is 111 cm³/mol. The minimum atomic E-state index is -4.65. The molecule has 1 atom stereocenters. The molecule has 0 bridgehead atoms. The fraction of sp³-hybridized carbons (Fsp3) is 0.286. The van der Waals surface area contributed by atoms with Gasteiger partial charge >= 0.3 is 12.1 Å². The molecule has 0 heterocycles. The van der Waals surface area contributed by atoms with Crippen LogP contribution in [0.4, 0.5) is 18.9 Å². The lowest BCUT2D eigenvalue weighted by Crippen LogP contribution is -2.27. The van der Waals surface area contributed by atoms with Crippen LogP contribution in [0.15, 0.2) is 55.1 Å². The number of nitrogens with one attached hydrogen (secondary N) is 1. The zero-order valence-electron chi connectivity index (χ0n) is 16.6. The minimum absolute atomic E-state index is 0.0455. The van der Waals surface area contributed by atoms with Crippen molar-refractivity contribution in [2.75, 3.05) is 4.72 Å². The van der Waals surface area contributed by atoms with Crippen LogP contribution in [-0.4, -0.2) is 24.7 Å². The first-order chi connectivity index (χ1) is 14.5. The average molecular weight is 457 g/mol. The number of alkyl halides is 3. The second-order valence-corrected chi connectivity index (χ2v) is 8.66. The fourth-order valence-corrected chi connectivity index (χ4v) is 4.21. The summed E-state index contributed by atoms with van der Waals surface area (Å²) in [7, 11) is -3.90. The molecule has 0 saturated carbocycles. The number of carbonyl (C=O) groups is 1. The maximum atomic E-state index is 13.1. The Balaban J connectivity index is 2.34.